The van der Waals surface area contributed by atoms with E-state index in [1.165, 1.54) is 51.4 Å². The number of hydrogen-bond donors (Lipinski definition) is 0. The van der Waals surface area contributed by atoms with E-state index >= 15 is 0 Å². The largest absolute Gasteiger partial charge is 0.379 e. The van der Waals surface area contributed by atoms with E-state index in [1.54, 1.807) is 0 Å². The van der Waals surface area contributed by atoms with E-state index in [-0.39, 0.29) is 0 Å². The van der Waals surface area contributed by atoms with Crippen LogP contribution in [0.25, 0.3) is 0 Å². The summed E-state index contributed by atoms with van der Waals surface area (Å²) in [6.45, 7) is 9.79. The number of hydrogen-bond acceptors (Lipinski definition) is 1. The van der Waals surface area contributed by atoms with E-state index in [1.807, 2.05) is 0 Å². The van der Waals surface area contributed by atoms with Crippen LogP contribution < -0.4 is 0 Å². The lowest BCUT2D eigenvalue weighted by Gasteiger charge is -2.07. The fraction of sp³-hybridized carbons (Fsp3) is 1.00. The van der Waals surface area contributed by atoms with E-state index in [2.05, 4.69) is 27.7 Å². The summed E-state index contributed by atoms with van der Waals surface area (Å²) in [7, 11) is 0. The van der Waals surface area contributed by atoms with E-state index in [9.17, 15) is 0 Å². The molecule has 0 aromatic heterocycles. The molecule has 0 amide bonds. The van der Waals surface area contributed by atoms with Gasteiger partial charge in [0.2, 0.25) is 0 Å². The lowest BCUT2D eigenvalue weighted by atomic mass is 10.0. The van der Waals surface area contributed by atoms with Crippen LogP contribution in [0.4, 0.5) is 0 Å². The Kier molecular flexibility index (Phi) is 11.4. The third kappa shape index (κ3) is 14.0. The second-order valence-corrected chi connectivity index (χ2v) is 5.58. The Labute approximate surface area is 103 Å². The van der Waals surface area contributed by atoms with Gasteiger partial charge in [0.05, 0.1) is 6.10 Å². The Bertz CT molecular complexity index is 113. The van der Waals surface area contributed by atoms with Crippen molar-refractivity contribution in [2.24, 2.45) is 5.92 Å². The summed E-state index contributed by atoms with van der Waals surface area (Å²) in [5, 5.41) is 0. The average Bonchev–Trinajstić information content (AvgIpc) is 2.20. The van der Waals surface area contributed by atoms with Gasteiger partial charge in [-0.05, 0) is 26.2 Å². The molecule has 0 aromatic carbocycles. The zero-order valence-electron chi connectivity index (χ0n) is 11.9. The predicted octanol–water partition coefficient (Wildman–Crippen LogP) is 5.19. The molecule has 0 unspecified atom stereocenters. The van der Waals surface area contributed by atoms with Gasteiger partial charge in [-0.1, -0.05) is 58.8 Å². The topological polar surface area (TPSA) is 9.23 Å². The molecule has 0 rings (SSSR count). The first-order valence-electron chi connectivity index (χ1n) is 7.24. The molecule has 0 spiro atoms. The average molecular weight is 228 g/mol. The van der Waals surface area contributed by atoms with Crippen molar-refractivity contribution in [2.45, 2.75) is 85.2 Å². The lowest BCUT2D eigenvalue weighted by Crippen LogP contribution is -2.03. The van der Waals surface area contributed by atoms with Gasteiger partial charge in [0, 0.05) is 6.61 Å². The van der Waals surface area contributed by atoms with Gasteiger partial charge in [0.15, 0.2) is 0 Å². The Balaban J connectivity index is 2.93. The first-order chi connectivity index (χ1) is 7.63. The maximum Gasteiger partial charge on any atom is 0.0518 e. The predicted molar refractivity (Wildman–Crippen MR) is 72.9 cm³/mol. The standard InChI is InChI=1S/C15H32O/c1-14(2)12-10-8-6-5-7-9-11-13-16-15(3)4/h14-15H,5-13H2,1-4H3. The van der Waals surface area contributed by atoms with Gasteiger partial charge in [-0.2, -0.15) is 0 Å². The Morgan fingerprint density at radius 1 is 0.688 bits per heavy atom. The highest BCUT2D eigenvalue weighted by atomic mass is 16.5. The van der Waals surface area contributed by atoms with Crippen LogP contribution in [-0.4, -0.2) is 12.7 Å². The maximum absolute atomic E-state index is 5.51. The highest BCUT2D eigenvalue weighted by molar-refractivity contribution is 4.49. The minimum Gasteiger partial charge on any atom is -0.379 e. The van der Waals surface area contributed by atoms with Gasteiger partial charge in [0.25, 0.3) is 0 Å². The molecule has 0 atom stereocenters. The number of rotatable bonds is 11. The molecule has 1 heteroatoms. The fourth-order valence-corrected chi connectivity index (χ4v) is 1.86. The molecule has 0 radical (unpaired) electrons. The molecule has 0 aliphatic heterocycles. The lowest BCUT2D eigenvalue weighted by molar-refractivity contribution is 0.0756. The second-order valence-electron chi connectivity index (χ2n) is 5.58. The van der Waals surface area contributed by atoms with Crippen LogP contribution in [0.15, 0.2) is 0 Å². The molecule has 16 heavy (non-hydrogen) atoms. The SMILES string of the molecule is CC(C)CCCCCCCCCOC(C)C. The van der Waals surface area contributed by atoms with Crippen molar-refractivity contribution in [3.63, 3.8) is 0 Å². The molecular weight excluding hydrogens is 196 g/mol. The molecule has 0 aliphatic carbocycles. The van der Waals surface area contributed by atoms with Crippen LogP contribution in [-0.2, 0) is 4.74 Å². The molecule has 1 nitrogen and oxygen atoms in total. The van der Waals surface area contributed by atoms with Crippen LogP contribution in [0, 0.1) is 5.92 Å². The molecule has 0 saturated carbocycles. The van der Waals surface area contributed by atoms with Crippen molar-refractivity contribution in [3.8, 4) is 0 Å². The summed E-state index contributed by atoms with van der Waals surface area (Å²) in [6, 6.07) is 0. The molecule has 0 N–H and O–H groups in total. The second kappa shape index (κ2) is 11.4. The molecule has 0 aromatic rings. The zero-order chi connectivity index (χ0) is 12.2. The molecule has 98 valence electrons. The summed E-state index contributed by atoms with van der Waals surface area (Å²) in [6.07, 6.45) is 11.5. The third-order valence-electron chi connectivity index (χ3n) is 2.88. The number of ether oxygens (including phenoxy) is 1. The minimum atomic E-state index is 0.399. The van der Waals surface area contributed by atoms with E-state index in [0.29, 0.717) is 6.10 Å². The van der Waals surface area contributed by atoms with Gasteiger partial charge in [-0.3, -0.25) is 0 Å². The molecule has 0 fully saturated rings. The molecule has 0 heterocycles. The summed E-state index contributed by atoms with van der Waals surface area (Å²) >= 11 is 0. The normalized spacial score (nSPS) is 11.6. The van der Waals surface area contributed by atoms with Crippen molar-refractivity contribution in [1.29, 1.82) is 0 Å². The first kappa shape index (κ1) is 16.0. The fourth-order valence-electron chi connectivity index (χ4n) is 1.86. The number of unbranched alkanes of at least 4 members (excludes halogenated alkanes) is 6. The van der Waals surface area contributed by atoms with Crippen LogP contribution in [0.5, 0.6) is 0 Å². The van der Waals surface area contributed by atoms with Crippen LogP contribution >= 0.6 is 0 Å². The van der Waals surface area contributed by atoms with Gasteiger partial charge in [-0.25, -0.2) is 0 Å². The highest BCUT2D eigenvalue weighted by Crippen LogP contribution is 2.12. The van der Waals surface area contributed by atoms with Crippen molar-refractivity contribution in [3.05, 3.63) is 0 Å². The smallest absolute Gasteiger partial charge is 0.0518 e. The summed E-state index contributed by atoms with van der Waals surface area (Å²) < 4.78 is 5.51. The zero-order valence-corrected chi connectivity index (χ0v) is 11.9. The minimum absolute atomic E-state index is 0.399. The van der Waals surface area contributed by atoms with Crippen molar-refractivity contribution in [2.75, 3.05) is 6.61 Å². The molecule has 0 saturated heterocycles. The Morgan fingerprint density at radius 2 is 1.19 bits per heavy atom. The van der Waals surface area contributed by atoms with Gasteiger partial charge >= 0.3 is 0 Å². The van der Waals surface area contributed by atoms with Crippen LogP contribution in [0.3, 0.4) is 0 Å². The van der Waals surface area contributed by atoms with Crippen LogP contribution in [0.2, 0.25) is 0 Å². The van der Waals surface area contributed by atoms with E-state index < -0.39 is 0 Å². The van der Waals surface area contributed by atoms with Gasteiger partial charge in [-0.15, -0.1) is 0 Å². The Hall–Kier alpha value is -0.0400. The summed E-state index contributed by atoms with van der Waals surface area (Å²) in [5.74, 6) is 0.883. The highest BCUT2D eigenvalue weighted by Gasteiger charge is 1.96. The van der Waals surface area contributed by atoms with Crippen molar-refractivity contribution in [1.82, 2.24) is 0 Å². The van der Waals surface area contributed by atoms with Gasteiger partial charge < -0.3 is 4.74 Å². The maximum atomic E-state index is 5.51. The third-order valence-corrected chi connectivity index (χ3v) is 2.88. The first-order valence-corrected chi connectivity index (χ1v) is 7.24. The summed E-state index contributed by atoms with van der Waals surface area (Å²) in [4.78, 5) is 0. The quantitative estimate of drug-likeness (QED) is 0.442. The van der Waals surface area contributed by atoms with Crippen molar-refractivity contribution >= 4 is 0 Å². The molecular formula is C15H32O. The Morgan fingerprint density at radius 3 is 1.69 bits per heavy atom. The monoisotopic (exact) mass is 228 g/mol. The molecule has 0 aliphatic rings. The van der Waals surface area contributed by atoms with E-state index in [0.717, 1.165) is 12.5 Å². The van der Waals surface area contributed by atoms with Gasteiger partial charge in [0.1, 0.15) is 0 Å². The van der Waals surface area contributed by atoms with E-state index in [4.69, 9.17) is 4.74 Å². The van der Waals surface area contributed by atoms with Crippen LogP contribution in [0.1, 0.15) is 79.1 Å². The molecule has 0 bridgehead atoms. The van der Waals surface area contributed by atoms with Crippen molar-refractivity contribution < 1.29 is 4.74 Å². The summed E-state index contributed by atoms with van der Waals surface area (Å²) in [5.41, 5.74) is 0.